The van der Waals surface area contributed by atoms with Crippen molar-refractivity contribution >= 4 is 29.9 Å². The molecule has 1 aromatic rings. The summed E-state index contributed by atoms with van der Waals surface area (Å²) in [6, 6.07) is 3.74. The number of carbonyl (C=O) groups is 1. The Hall–Kier alpha value is -1.21. The van der Waals surface area contributed by atoms with Crippen LogP contribution in [0.25, 0.3) is 0 Å². The molecule has 3 N–H and O–H groups in total. The fraction of sp³-hybridized carbons (Fsp3) is 0.533. The van der Waals surface area contributed by atoms with Gasteiger partial charge in [-0.25, -0.2) is 0 Å². The van der Waals surface area contributed by atoms with E-state index in [1.165, 1.54) is 0 Å². The molecule has 1 amide bonds. The number of nitrogens with one attached hydrogen (secondary N) is 1. The van der Waals surface area contributed by atoms with E-state index in [2.05, 4.69) is 10.2 Å². The van der Waals surface area contributed by atoms with Crippen molar-refractivity contribution in [2.45, 2.75) is 13.0 Å². The molecule has 8 heteroatoms. The van der Waals surface area contributed by atoms with Gasteiger partial charge in [0.1, 0.15) is 0 Å². The topological polar surface area (TPSA) is 76.8 Å². The number of hydrogen-bond donors (Lipinski definition) is 2. The Morgan fingerprint density at radius 1 is 1.39 bits per heavy atom. The highest BCUT2D eigenvalue weighted by Crippen LogP contribution is 2.36. The third-order valence-corrected chi connectivity index (χ3v) is 3.77. The third-order valence-electron chi connectivity index (χ3n) is 3.49. The first-order chi connectivity index (χ1) is 10.6. The molecule has 6 nitrogen and oxygen atoms in total. The Morgan fingerprint density at radius 3 is 2.87 bits per heavy atom. The molecule has 1 saturated heterocycles. The summed E-state index contributed by atoms with van der Waals surface area (Å²) >= 11 is 6.26. The monoisotopic (exact) mass is 363 g/mol. The van der Waals surface area contributed by atoms with Gasteiger partial charge in [-0.3, -0.25) is 9.69 Å². The smallest absolute Gasteiger partial charge is 0.255 e. The lowest BCUT2D eigenvalue weighted by Gasteiger charge is -2.20. The van der Waals surface area contributed by atoms with Gasteiger partial charge in [0.05, 0.1) is 12.1 Å². The maximum absolute atomic E-state index is 10.8. The number of rotatable bonds is 6. The van der Waals surface area contributed by atoms with Crippen LogP contribution >= 0.6 is 24.0 Å². The zero-order chi connectivity index (χ0) is 15.9. The molecular weight excluding hydrogens is 341 g/mol. The van der Waals surface area contributed by atoms with Gasteiger partial charge in [-0.05, 0) is 37.2 Å². The first kappa shape index (κ1) is 19.8. The summed E-state index contributed by atoms with van der Waals surface area (Å²) in [5, 5.41) is 3.80. The van der Waals surface area contributed by atoms with Crippen molar-refractivity contribution in [2.75, 3.05) is 39.9 Å². The number of benzene rings is 1. The summed E-state index contributed by atoms with van der Waals surface area (Å²) < 4.78 is 10.7. The quantitative estimate of drug-likeness (QED) is 0.799. The van der Waals surface area contributed by atoms with Crippen LogP contribution in [0.5, 0.6) is 11.5 Å². The molecule has 1 aliphatic rings. The minimum absolute atomic E-state index is 0. The zero-order valence-corrected chi connectivity index (χ0v) is 14.7. The van der Waals surface area contributed by atoms with E-state index in [0.29, 0.717) is 16.5 Å². The van der Waals surface area contributed by atoms with E-state index in [1.54, 1.807) is 7.11 Å². The predicted octanol–water partition coefficient (Wildman–Crippen LogP) is 1.43. The number of halogens is 2. The molecule has 130 valence electrons. The summed E-state index contributed by atoms with van der Waals surface area (Å²) in [7, 11) is 1.54. The highest BCUT2D eigenvalue weighted by atomic mass is 35.5. The number of amides is 1. The zero-order valence-electron chi connectivity index (χ0n) is 13.1. The predicted molar refractivity (Wildman–Crippen MR) is 92.7 cm³/mol. The number of nitrogens with two attached hydrogens (primary N) is 1. The first-order valence-electron chi connectivity index (χ1n) is 7.30. The highest BCUT2D eigenvalue weighted by Gasteiger charge is 2.15. The molecule has 1 heterocycles. The Morgan fingerprint density at radius 2 is 2.17 bits per heavy atom. The first-order valence-corrected chi connectivity index (χ1v) is 7.68. The van der Waals surface area contributed by atoms with Gasteiger partial charge in [-0.15, -0.1) is 12.4 Å². The summed E-state index contributed by atoms with van der Waals surface area (Å²) in [5.41, 5.74) is 6.14. The van der Waals surface area contributed by atoms with E-state index in [-0.39, 0.29) is 19.0 Å². The van der Waals surface area contributed by atoms with Crippen LogP contribution in [0.1, 0.15) is 12.0 Å². The second-order valence-electron chi connectivity index (χ2n) is 5.24. The number of nitrogens with zero attached hydrogens (tertiary/aromatic N) is 1. The Balaban J connectivity index is 0.00000264. The number of ether oxygens (including phenoxy) is 2. The molecule has 0 saturated carbocycles. The third kappa shape index (κ3) is 6.06. The lowest BCUT2D eigenvalue weighted by Crippen LogP contribution is -2.27. The van der Waals surface area contributed by atoms with Gasteiger partial charge < -0.3 is 20.5 Å². The van der Waals surface area contributed by atoms with E-state index in [0.717, 1.165) is 44.7 Å². The summed E-state index contributed by atoms with van der Waals surface area (Å²) in [5.74, 6) is 0.306. The van der Waals surface area contributed by atoms with Crippen LogP contribution in [0.2, 0.25) is 5.02 Å². The van der Waals surface area contributed by atoms with Gasteiger partial charge >= 0.3 is 0 Å². The molecule has 1 aromatic carbocycles. The fourth-order valence-electron chi connectivity index (χ4n) is 2.47. The molecule has 1 fully saturated rings. The summed E-state index contributed by atoms with van der Waals surface area (Å²) in [4.78, 5) is 13.2. The van der Waals surface area contributed by atoms with Crippen LogP contribution in [0.15, 0.2) is 12.1 Å². The summed E-state index contributed by atoms with van der Waals surface area (Å²) in [6.45, 7) is 4.67. The molecule has 0 radical (unpaired) electrons. The van der Waals surface area contributed by atoms with Crippen LogP contribution < -0.4 is 20.5 Å². The summed E-state index contributed by atoms with van der Waals surface area (Å²) in [6.07, 6.45) is 1.13. The largest absolute Gasteiger partial charge is 0.493 e. The van der Waals surface area contributed by atoms with Gasteiger partial charge in [0.25, 0.3) is 5.91 Å². The second kappa shape index (κ2) is 9.82. The van der Waals surface area contributed by atoms with Crippen LogP contribution in [-0.4, -0.2) is 50.7 Å². The molecule has 1 aliphatic heterocycles. The Bertz CT molecular complexity index is 521. The van der Waals surface area contributed by atoms with Gasteiger partial charge in [-0.1, -0.05) is 11.6 Å². The lowest BCUT2D eigenvalue weighted by molar-refractivity contribution is -0.119. The minimum atomic E-state index is -0.556. The van der Waals surface area contributed by atoms with Crippen LogP contribution in [-0.2, 0) is 11.3 Å². The van der Waals surface area contributed by atoms with Gasteiger partial charge in [0, 0.05) is 19.6 Å². The molecule has 23 heavy (non-hydrogen) atoms. The maximum Gasteiger partial charge on any atom is 0.255 e. The molecule has 0 aliphatic carbocycles. The number of primary amides is 1. The molecular formula is C15H23Cl2N3O3. The molecule has 0 unspecified atom stereocenters. The van der Waals surface area contributed by atoms with E-state index >= 15 is 0 Å². The Kier molecular flexibility index (Phi) is 8.47. The van der Waals surface area contributed by atoms with Crippen LogP contribution in [0.4, 0.5) is 0 Å². The van der Waals surface area contributed by atoms with E-state index in [1.807, 2.05) is 12.1 Å². The van der Waals surface area contributed by atoms with Crippen molar-refractivity contribution in [1.82, 2.24) is 10.2 Å². The molecule has 0 atom stereocenters. The van der Waals surface area contributed by atoms with E-state index < -0.39 is 5.91 Å². The molecule has 0 spiro atoms. The average molecular weight is 364 g/mol. The fourth-order valence-corrected chi connectivity index (χ4v) is 2.75. The second-order valence-corrected chi connectivity index (χ2v) is 5.65. The van der Waals surface area contributed by atoms with E-state index in [9.17, 15) is 4.79 Å². The molecule has 0 aromatic heterocycles. The number of methoxy groups -OCH3 is 1. The standard InChI is InChI=1S/C15H22ClN3O3.ClH/c1-21-13-8-11(9-19-5-2-3-18-4-6-19)7-12(16)15(13)22-10-14(17)20;/h7-8,18H,2-6,9-10H2,1H3,(H2,17,20);1H. The maximum atomic E-state index is 10.8. The molecule has 0 bridgehead atoms. The van der Waals surface area contributed by atoms with Crippen LogP contribution in [0.3, 0.4) is 0 Å². The number of hydrogen-bond acceptors (Lipinski definition) is 5. The molecule has 2 rings (SSSR count). The van der Waals surface area contributed by atoms with Crippen LogP contribution in [0, 0.1) is 0 Å². The lowest BCUT2D eigenvalue weighted by atomic mass is 10.1. The van der Waals surface area contributed by atoms with Crippen molar-refractivity contribution in [3.8, 4) is 11.5 Å². The van der Waals surface area contributed by atoms with Gasteiger partial charge in [0.15, 0.2) is 18.1 Å². The normalized spacial score (nSPS) is 15.4. The Labute approximate surface area is 147 Å². The number of carbonyl (C=O) groups excluding carboxylic acids is 1. The van der Waals surface area contributed by atoms with Gasteiger partial charge in [-0.2, -0.15) is 0 Å². The highest BCUT2D eigenvalue weighted by molar-refractivity contribution is 6.32. The van der Waals surface area contributed by atoms with Gasteiger partial charge in [0.2, 0.25) is 0 Å². The average Bonchev–Trinajstić information content (AvgIpc) is 2.74. The van der Waals surface area contributed by atoms with Crippen molar-refractivity contribution in [2.24, 2.45) is 5.73 Å². The minimum Gasteiger partial charge on any atom is -0.493 e. The SMILES string of the molecule is COc1cc(CN2CCCNCC2)cc(Cl)c1OCC(N)=O.Cl. The van der Waals surface area contributed by atoms with E-state index in [4.69, 9.17) is 26.8 Å². The van der Waals surface area contributed by atoms with Crippen molar-refractivity contribution in [1.29, 1.82) is 0 Å². The van der Waals surface area contributed by atoms with Crippen molar-refractivity contribution in [3.05, 3.63) is 22.7 Å². The van der Waals surface area contributed by atoms with Crippen molar-refractivity contribution < 1.29 is 14.3 Å². The van der Waals surface area contributed by atoms with Crippen molar-refractivity contribution in [3.63, 3.8) is 0 Å².